The molecule has 130 valence electrons. The summed E-state index contributed by atoms with van der Waals surface area (Å²) in [4.78, 5) is 23.2. The second-order valence-corrected chi connectivity index (χ2v) is 5.69. The molecule has 3 rings (SSSR count). The van der Waals surface area contributed by atoms with Crippen LogP contribution in [0, 0.1) is 20.8 Å². The fourth-order valence-corrected chi connectivity index (χ4v) is 2.66. The standard InChI is InChI=1S/C16H17N5O4/c1-9-4-13(11(3)21(9)14-5-10(2)25-19-14)16(24)18-12-6-17-20(7-12)8-15(22)23/h4-7H,8H2,1-3H3,(H,18,24)(H,22,23). The molecule has 0 aliphatic heterocycles. The first-order valence-corrected chi connectivity index (χ1v) is 7.53. The summed E-state index contributed by atoms with van der Waals surface area (Å²) >= 11 is 0. The van der Waals surface area contributed by atoms with E-state index in [9.17, 15) is 9.59 Å². The van der Waals surface area contributed by atoms with Crippen molar-refractivity contribution in [2.75, 3.05) is 5.32 Å². The Morgan fingerprint density at radius 3 is 2.68 bits per heavy atom. The molecule has 0 aliphatic carbocycles. The Morgan fingerprint density at radius 2 is 2.04 bits per heavy atom. The van der Waals surface area contributed by atoms with Gasteiger partial charge in [0, 0.05) is 23.7 Å². The van der Waals surface area contributed by atoms with Crippen molar-refractivity contribution in [1.29, 1.82) is 0 Å². The Bertz CT molecular complexity index is 950. The lowest BCUT2D eigenvalue weighted by Crippen LogP contribution is -2.13. The third-order valence-electron chi connectivity index (χ3n) is 3.71. The number of hydrogen-bond donors (Lipinski definition) is 2. The number of nitrogens with one attached hydrogen (secondary N) is 1. The largest absolute Gasteiger partial charge is 0.480 e. The lowest BCUT2D eigenvalue weighted by atomic mass is 10.2. The van der Waals surface area contributed by atoms with Gasteiger partial charge in [-0.25, -0.2) is 0 Å². The molecule has 0 aromatic carbocycles. The van der Waals surface area contributed by atoms with E-state index in [0.29, 0.717) is 22.8 Å². The van der Waals surface area contributed by atoms with Crippen molar-refractivity contribution in [3.8, 4) is 5.82 Å². The van der Waals surface area contributed by atoms with Crippen molar-refractivity contribution in [2.24, 2.45) is 0 Å². The minimum absolute atomic E-state index is 0.268. The van der Waals surface area contributed by atoms with Gasteiger partial charge < -0.3 is 14.9 Å². The summed E-state index contributed by atoms with van der Waals surface area (Å²) < 4.78 is 8.17. The van der Waals surface area contributed by atoms with Gasteiger partial charge in [-0.1, -0.05) is 5.16 Å². The molecule has 1 amide bonds. The minimum atomic E-state index is -1.01. The number of carbonyl (C=O) groups is 2. The van der Waals surface area contributed by atoms with Crippen LogP contribution in [0.25, 0.3) is 5.82 Å². The molecule has 0 saturated carbocycles. The maximum absolute atomic E-state index is 12.5. The number of aromatic nitrogens is 4. The van der Waals surface area contributed by atoms with Crippen molar-refractivity contribution in [3.05, 3.63) is 47.2 Å². The van der Waals surface area contributed by atoms with Crippen LogP contribution in [0.2, 0.25) is 0 Å². The molecule has 9 nitrogen and oxygen atoms in total. The van der Waals surface area contributed by atoms with Gasteiger partial charge in [0.15, 0.2) is 5.82 Å². The van der Waals surface area contributed by atoms with E-state index in [1.165, 1.54) is 17.1 Å². The molecule has 0 atom stereocenters. The zero-order valence-electron chi connectivity index (χ0n) is 14.0. The lowest BCUT2D eigenvalue weighted by Gasteiger charge is -2.05. The van der Waals surface area contributed by atoms with Crippen LogP contribution in [0.3, 0.4) is 0 Å². The predicted octanol–water partition coefficient (Wildman–Crippen LogP) is 1.92. The van der Waals surface area contributed by atoms with Crippen LogP contribution in [0.5, 0.6) is 0 Å². The Balaban J connectivity index is 1.83. The smallest absolute Gasteiger partial charge is 0.325 e. The van der Waals surface area contributed by atoms with Gasteiger partial charge in [-0.3, -0.25) is 18.8 Å². The number of anilines is 1. The Labute approximate surface area is 142 Å². The van der Waals surface area contributed by atoms with E-state index in [1.54, 1.807) is 19.1 Å². The fraction of sp³-hybridized carbons (Fsp3) is 0.250. The monoisotopic (exact) mass is 343 g/mol. The number of amides is 1. The van der Waals surface area contributed by atoms with Crippen molar-refractivity contribution >= 4 is 17.6 Å². The van der Waals surface area contributed by atoms with Gasteiger partial charge in [0.2, 0.25) is 0 Å². The molecule has 0 radical (unpaired) electrons. The Morgan fingerprint density at radius 1 is 1.28 bits per heavy atom. The average molecular weight is 343 g/mol. The molecule has 3 heterocycles. The van der Waals surface area contributed by atoms with Crippen LogP contribution in [-0.2, 0) is 11.3 Å². The van der Waals surface area contributed by atoms with Crippen LogP contribution in [-0.4, -0.2) is 36.5 Å². The third kappa shape index (κ3) is 3.30. The Hall–Kier alpha value is -3.36. The third-order valence-corrected chi connectivity index (χ3v) is 3.71. The number of carbonyl (C=O) groups excluding carboxylic acids is 1. The lowest BCUT2D eigenvalue weighted by molar-refractivity contribution is -0.137. The van der Waals surface area contributed by atoms with E-state index in [2.05, 4.69) is 15.6 Å². The zero-order chi connectivity index (χ0) is 18.1. The number of hydrogen-bond acceptors (Lipinski definition) is 5. The summed E-state index contributed by atoms with van der Waals surface area (Å²) in [5.74, 6) is -0.0259. The van der Waals surface area contributed by atoms with Gasteiger partial charge in [-0.2, -0.15) is 5.10 Å². The highest BCUT2D eigenvalue weighted by atomic mass is 16.5. The topological polar surface area (TPSA) is 115 Å². The van der Waals surface area contributed by atoms with Gasteiger partial charge in [0.25, 0.3) is 5.91 Å². The molecular weight excluding hydrogens is 326 g/mol. The quantitative estimate of drug-likeness (QED) is 0.731. The number of aliphatic carboxylic acids is 1. The van der Waals surface area contributed by atoms with E-state index in [4.69, 9.17) is 9.63 Å². The maximum atomic E-state index is 12.5. The summed E-state index contributed by atoms with van der Waals surface area (Å²) in [6, 6.07) is 3.55. The normalized spacial score (nSPS) is 10.8. The van der Waals surface area contributed by atoms with Crippen LogP contribution in [0.15, 0.2) is 29.0 Å². The van der Waals surface area contributed by atoms with Crippen LogP contribution < -0.4 is 5.32 Å². The molecule has 0 saturated heterocycles. The second-order valence-electron chi connectivity index (χ2n) is 5.69. The highest BCUT2D eigenvalue weighted by molar-refractivity contribution is 6.05. The molecule has 3 aromatic rings. The van der Waals surface area contributed by atoms with Gasteiger partial charge in [0.05, 0.1) is 17.4 Å². The number of carboxylic acid groups (broad SMARTS) is 1. The summed E-state index contributed by atoms with van der Waals surface area (Å²) in [6.07, 6.45) is 2.87. The minimum Gasteiger partial charge on any atom is -0.480 e. The molecule has 0 fully saturated rings. The van der Waals surface area contributed by atoms with Gasteiger partial charge in [-0.05, 0) is 26.8 Å². The van der Waals surface area contributed by atoms with Crippen molar-refractivity contribution < 1.29 is 19.2 Å². The number of nitrogens with zero attached hydrogens (tertiary/aromatic N) is 4. The van der Waals surface area contributed by atoms with Crippen molar-refractivity contribution in [2.45, 2.75) is 27.3 Å². The summed E-state index contributed by atoms with van der Waals surface area (Å²) in [6.45, 7) is 5.22. The molecule has 0 unspecified atom stereocenters. The molecule has 0 spiro atoms. The SMILES string of the molecule is Cc1cc(-n2c(C)cc(C(=O)Nc3cnn(CC(=O)O)c3)c2C)no1. The molecule has 25 heavy (non-hydrogen) atoms. The predicted molar refractivity (Wildman–Crippen MR) is 87.9 cm³/mol. The Kier molecular flexibility index (Phi) is 4.14. The number of carboxylic acids is 1. The first-order chi connectivity index (χ1) is 11.8. The van der Waals surface area contributed by atoms with E-state index < -0.39 is 5.97 Å². The van der Waals surface area contributed by atoms with Crippen LogP contribution in [0.4, 0.5) is 5.69 Å². The second kappa shape index (κ2) is 6.27. The highest BCUT2D eigenvalue weighted by Crippen LogP contribution is 2.21. The van der Waals surface area contributed by atoms with E-state index in [0.717, 1.165) is 11.4 Å². The molecule has 2 N–H and O–H groups in total. The van der Waals surface area contributed by atoms with Crippen LogP contribution in [0.1, 0.15) is 27.5 Å². The van der Waals surface area contributed by atoms with E-state index >= 15 is 0 Å². The van der Waals surface area contributed by atoms with Crippen molar-refractivity contribution in [3.63, 3.8) is 0 Å². The molecule has 3 aromatic heterocycles. The zero-order valence-corrected chi connectivity index (χ0v) is 14.0. The molecule has 9 heteroatoms. The van der Waals surface area contributed by atoms with E-state index in [-0.39, 0.29) is 12.5 Å². The van der Waals surface area contributed by atoms with Crippen molar-refractivity contribution in [1.82, 2.24) is 19.5 Å². The first kappa shape index (κ1) is 16.5. The maximum Gasteiger partial charge on any atom is 0.325 e. The van der Waals surface area contributed by atoms with Crippen LogP contribution >= 0.6 is 0 Å². The number of rotatable bonds is 5. The van der Waals surface area contributed by atoms with Gasteiger partial charge in [-0.15, -0.1) is 0 Å². The fourth-order valence-electron chi connectivity index (χ4n) is 2.66. The summed E-state index contributed by atoms with van der Waals surface area (Å²) in [5.41, 5.74) is 2.48. The summed E-state index contributed by atoms with van der Waals surface area (Å²) in [7, 11) is 0. The van der Waals surface area contributed by atoms with Gasteiger partial charge in [0.1, 0.15) is 12.3 Å². The molecule has 0 bridgehead atoms. The van der Waals surface area contributed by atoms with E-state index in [1.807, 2.05) is 18.4 Å². The first-order valence-electron chi connectivity index (χ1n) is 7.53. The van der Waals surface area contributed by atoms with Gasteiger partial charge >= 0.3 is 5.97 Å². The summed E-state index contributed by atoms with van der Waals surface area (Å²) in [5, 5.41) is 19.3. The highest BCUT2D eigenvalue weighted by Gasteiger charge is 2.19. The average Bonchev–Trinajstić information content (AvgIpc) is 3.19. The molecular formula is C16H17N5O4. The number of aryl methyl sites for hydroxylation is 2. The molecule has 0 aliphatic rings.